The van der Waals surface area contributed by atoms with Gasteiger partial charge in [-0.1, -0.05) is 69.9 Å². The van der Waals surface area contributed by atoms with E-state index < -0.39 is 0 Å². The molecule has 0 aliphatic heterocycles. The summed E-state index contributed by atoms with van der Waals surface area (Å²) in [4.78, 5) is 11.6. The van der Waals surface area contributed by atoms with E-state index in [2.05, 4.69) is 19.2 Å². The molecule has 0 atom stereocenters. The number of amides is 1. The number of benzene rings is 1. The largest absolute Gasteiger partial charge is 0.445 e. The van der Waals surface area contributed by atoms with Gasteiger partial charge in [-0.25, -0.2) is 4.79 Å². The number of carbonyl (C=O) groups is 1. The SMILES string of the molecule is CCCC(CCC)CCNC(=O)OCc1ccccc1. The van der Waals surface area contributed by atoms with Crippen LogP contribution in [-0.2, 0) is 11.3 Å². The molecule has 0 bridgehead atoms. The van der Waals surface area contributed by atoms with Crippen molar-refractivity contribution in [3.05, 3.63) is 35.9 Å². The molecule has 1 aromatic rings. The summed E-state index contributed by atoms with van der Waals surface area (Å²) in [6, 6.07) is 9.73. The molecule has 0 aliphatic rings. The van der Waals surface area contributed by atoms with E-state index in [4.69, 9.17) is 4.74 Å². The smallest absolute Gasteiger partial charge is 0.407 e. The lowest BCUT2D eigenvalue weighted by atomic mass is 9.95. The molecule has 0 fully saturated rings. The van der Waals surface area contributed by atoms with Gasteiger partial charge < -0.3 is 10.1 Å². The van der Waals surface area contributed by atoms with E-state index >= 15 is 0 Å². The van der Waals surface area contributed by atoms with Crippen molar-refractivity contribution in [3.8, 4) is 0 Å². The normalized spacial score (nSPS) is 10.6. The Balaban J connectivity index is 2.16. The van der Waals surface area contributed by atoms with Crippen molar-refractivity contribution in [3.63, 3.8) is 0 Å². The molecule has 3 heteroatoms. The second-order valence-electron chi connectivity index (χ2n) is 5.22. The van der Waals surface area contributed by atoms with Crippen LogP contribution in [0, 0.1) is 5.92 Å². The van der Waals surface area contributed by atoms with Gasteiger partial charge in [0.05, 0.1) is 0 Å². The molecule has 0 aliphatic carbocycles. The van der Waals surface area contributed by atoms with Crippen LogP contribution >= 0.6 is 0 Å². The Kier molecular flexibility index (Phi) is 8.52. The summed E-state index contributed by atoms with van der Waals surface area (Å²) in [6.07, 6.45) is 5.64. The molecule has 1 amide bonds. The molecule has 1 N–H and O–H groups in total. The molecule has 0 aromatic heterocycles. The molecule has 1 aromatic carbocycles. The maximum atomic E-state index is 11.6. The number of rotatable bonds is 9. The first-order valence-electron chi connectivity index (χ1n) is 7.70. The summed E-state index contributed by atoms with van der Waals surface area (Å²) in [5, 5.41) is 2.84. The van der Waals surface area contributed by atoms with Gasteiger partial charge in [-0.15, -0.1) is 0 Å². The Hall–Kier alpha value is -1.51. The van der Waals surface area contributed by atoms with Gasteiger partial charge in [0.2, 0.25) is 0 Å². The average molecular weight is 277 g/mol. The summed E-state index contributed by atoms with van der Waals surface area (Å²) in [5.74, 6) is 0.722. The number of carbonyl (C=O) groups excluding carboxylic acids is 1. The van der Waals surface area contributed by atoms with Gasteiger partial charge in [0.25, 0.3) is 0 Å². The second-order valence-corrected chi connectivity index (χ2v) is 5.22. The fourth-order valence-corrected chi connectivity index (χ4v) is 2.40. The van der Waals surface area contributed by atoms with Crippen LogP contribution in [0.25, 0.3) is 0 Å². The molecule has 0 saturated carbocycles. The highest BCUT2D eigenvalue weighted by molar-refractivity contribution is 5.67. The first kappa shape index (κ1) is 16.5. The summed E-state index contributed by atoms with van der Waals surface area (Å²) in [7, 11) is 0. The van der Waals surface area contributed by atoms with Crippen molar-refractivity contribution in [2.45, 2.75) is 52.6 Å². The standard InChI is InChI=1S/C17H27NO2/c1-3-8-15(9-4-2)12-13-18-17(19)20-14-16-10-6-5-7-11-16/h5-7,10-11,15H,3-4,8-9,12-14H2,1-2H3,(H,18,19). The van der Waals surface area contributed by atoms with Crippen molar-refractivity contribution in [2.75, 3.05) is 6.54 Å². The molecule has 0 unspecified atom stereocenters. The van der Waals surface area contributed by atoms with Gasteiger partial charge in [0.15, 0.2) is 0 Å². The quantitative estimate of drug-likeness (QED) is 0.720. The van der Waals surface area contributed by atoms with Gasteiger partial charge in [-0.05, 0) is 17.9 Å². The maximum absolute atomic E-state index is 11.6. The molecule has 0 heterocycles. The van der Waals surface area contributed by atoms with E-state index in [9.17, 15) is 4.79 Å². The highest BCUT2D eigenvalue weighted by atomic mass is 16.5. The highest BCUT2D eigenvalue weighted by Gasteiger charge is 2.08. The summed E-state index contributed by atoms with van der Waals surface area (Å²) in [5.41, 5.74) is 1.01. The Bertz CT molecular complexity index is 359. The number of hydrogen-bond donors (Lipinski definition) is 1. The summed E-state index contributed by atoms with van der Waals surface area (Å²) < 4.78 is 5.18. The number of ether oxygens (including phenoxy) is 1. The number of alkyl carbamates (subject to hydrolysis) is 1. The third-order valence-electron chi connectivity index (χ3n) is 3.43. The van der Waals surface area contributed by atoms with Crippen LogP contribution in [0.15, 0.2) is 30.3 Å². The predicted molar refractivity (Wildman–Crippen MR) is 82.6 cm³/mol. The third kappa shape index (κ3) is 7.17. The number of nitrogens with one attached hydrogen (secondary N) is 1. The topological polar surface area (TPSA) is 38.3 Å². The van der Waals surface area contributed by atoms with E-state index in [0.717, 1.165) is 17.9 Å². The highest BCUT2D eigenvalue weighted by Crippen LogP contribution is 2.16. The molecule has 20 heavy (non-hydrogen) atoms. The van der Waals surface area contributed by atoms with E-state index in [0.29, 0.717) is 13.2 Å². The molecular weight excluding hydrogens is 250 g/mol. The Morgan fingerprint density at radius 3 is 2.35 bits per heavy atom. The van der Waals surface area contributed by atoms with Crippen molar-refractivity contribution < 1.29 is 9.53 Å². The zero-order valence-electron chi connectivity index (χ0n) is 12.7. The van der Waals surface area contributed by atoms with Crippen molar-refractivity contribution in [1.82, 2.24) is 5.32 Å². The van der Waals surface area contributed by atoms with E-state index in [1.165, 1.54) is 25.7 Å². The average Bonchev–Trinajstić information content (AvgIpc) is 2.47. The molecule has 0 radical (unpaired) electrons. The third-order valence-corrected chi connectivity index (χ3v) is 3.43. The van der Waals surface area contributed by atoms with Crippen LogP contribution in [0.3, 0.4) is 0 Å². The fraction of sp³-hybridized carbons (Fsp3) is 0.588. The molecule has 0 spiro atoms. The number of hydrogen-bond acceptors (Lipinski definition) is 2. The van der Waals surface area contributed by atoms with Crippen LogP contribution in [0.1, 0.15) is 51.5 Å². The van der Waals surface area contributed by atoms with Gasteiger partial charge in [0, 0.05) is 6.54 Å². The van der Waals surface area contributed by atoms with Crippen LogP contribution in [-0.4, -0.2) is 12.6 Å². The van der Waals surface area contributed by atoms with Gasteiger partial charge in [0.1, 0.15) is 6.61 Å². The molecule has 0 saturated heterocycles. The van der Waals surface area contributed by atoms with Crippen LogP contribution < -0.4 is 5.32 Å². The molecular formula is C17H27NO2. The molecule has 1 rings (SSSR count). The first-order valence-corrected chi connectivity index (χ1v) is 7.70. The van der Waals surface area contributed by atoms with Crippen molar-refractivity contribution in [2.24, 2.45) is 5.92 Å². The second kappa shape index (κ2) is 10.3. The fourth-order valence-electron chi connectivity index (χ4n) is 2.40. The van der Waals surface area contributed by atoms with Gasteiger partial charge in [-0.3, -0.25) is 0 Å². The minimum atomic E-state index is -0.319. The Morgan fingerprint density at radius 1 is 1.10 bits per heavy atom. The van der Waals surface area contributed by atoms with E-state index in [1.54, 1.807) is 0 Å². The lowest BCUT2D eigenvalue weighted by Gasteiger charge is -2.15. The molecule has 3 nitrogen and oxygen atoms in total. The van der Waals surface area contributed by atoms with Crippen LogP contribution in [0.5, 0.6) is 0 Å². The Morgan fingerprint density at radius 2 is 1.75 bits per heavy atom. The minimum Gasteiger partial charge on any atom is -0.445 e. The van der Waals surface area contributed by atoms with Gasteiger partial charge in [-0.2, -0.15) is 0 Å². The van der Waals surface area contributed by atoms with E-state index in [1.807, 2.05) is 30.3 Å². The maximum Gasteiger partial charge on any atom is 0.407 e. The lowest BCUT2D eigenvalue weighted by Crippen LogP contribution is -2.26. The first-order chi connectivity index (χ1) is 9.76. The summed E-state index contributed by atoms with van der Waals surface area (Å²) >= 11 is 0. The zero-order chi connectivity index (χ0) is 14.6. The van der Waals surface area contributed by atoms with Crippen molar-refractivity contribution in [1.29, 1.82) is 0 Å². The molecule has 112 valence electrons. The van der Waals surface area contributed by atoms with Crippen molar-refractivity contribution >= 4 is 6.09 Å². The van der Waals surface area contributed by atoms with Gasteiger partial charge >= 0.3 is 6.09 Å². The van der Waals surface area contributed by atoms with E-state index in [-0.39, 0.29) is 6.09 Å². The zero-order valence-corrected chi connectivity index (χ0v) is 12.7. The van der Waals surface area contributed by atoms with Crippen LogP contribution in [0.4, 0.5) is 4.79 Å². The monoisotopic (exact) mass is 277 g/mol. The summed E-state index contributed by atoms with van der Waals surface area (Å²) in [6.45, 7) is 5.47. The lowest BCUT2D eigenvalue weighted by molar-refractivity contribution is 0.139. The Labute approximate surface area is 122 Å². The predicted octanol–water partition coefficient (Wildman–Crippen LogP) is 4.52. The minimum absolute atomic E-state index is 0.319. The van der Waals surface area contributed by atoms with Crippen LogP contribution in [0.2, 0.25) is 0 Å².